The van der Waals surface area contributed by atoms with E-state index in [0.29, 0.717) is 11.3 Å². The van der Waals surface area contributed by atoms with E-state index >= 15 is 0 Å². The van der Waals surface area contributed by atoms with Crippen molar-refractivity contribution >= 4 is 10.0 Å². The SMILES string of the molecule is Cn1cc(-c2ccc(OCc3cn(-c4ccc(C(C)(C)C)cc4)nn3)c(S(=O)(=O)NC3CCCC3)c2)ccc1=O. The standard InChI is InChI=1S/C30H35N5O4S/c1-30(2,3)23-11-13-26(14-12-23)35-19-25(31-33-35)20-39-27-15-9-21(22-10-16-29(36)34(4)18-22)17-28(27)40(37,38)32-24-7-5-6-8-24/h9-19,24,32H,5-8,20H2,1-4H3. The van der Waals surface area contributed by atoms with Crippen LogP contribution in [-0.4, -0.2) is 34.0 Å². The molecule has 0 unspecified atom stereocenters. The van der Waals surface area contributed by atoms with Crippen molar-refractivity contribution in [2.75, 3.05) is 0 Å². The number of benzene rings is 2. The topological polar surface area (TPSA) is 108 Å². The smallest absolute Gasteiger partial charge is 0.250 e. The second kappa shape index (κ2) is 11.0. The number of rotatable bonds is 8. The van der Waals surface area contributed by atoms with E-state index in [-0.39, 0.29) is 34.3 Å². The van der Waals surface area contributed by atoms with Gasteiger partial charge < -0.3 is 9.30 Å². The van der Waals surface area contributed by atoms with E-state index in [1.807, 2.05) is 12.1 Å². The highest BCUT2D eigenvalue weighted by molar-refractivity contribution is 7.89. The molecule has 0 bridgehead atoms. The predicted octanol–water partition coefficient (Wildman–Crippen LogP) is 4.73. The molecule has 1 aliphatic rings. The largest absolute Gasteiger partial charge is 0.486 e. The van der Waals surface area contributed by atoms with E-state index in [4.69, 9.17) is 4.74 Å². The maximum absolute atomic E-state index is 13.5. The lowest BCUT2D eigenvalue weighted by Gasteiger charge is -2.19. The summed E-state index contributed by atoms with van der Waals surface area (Å²) in [5.41, 5.74) is 3.97. The van der Waals surface area contributed by atoms with Crippen molar-refractivity contribution in [1.29, 1.82) is 0 Å². The Morgan fingerprint density at radius 1 is 0.975 bits per heavy atom. The van der Waals surface area contributed by atoms with Crippen LogP contribution in [0, 0.1) is 0 Å². The average Bonchev–Trinajstić information content (AvgIpc) is 3.61. The Labute approximate surface area is 234 Å². The lowest BCUT2D eigenvalue weighted by molar-refractivity contribution is 0.293. The van der Waals surface area contributed by atoms with Crippen molar-refractivity contribution < 1.29 is 13.2 Å². The van der Waals surface area contributed by atoms with Gasteiger partial charge >= 0.3 is 0 Å². The van der Waals surface area contributed by atoms with Crippen LogP contribution in [0.15, 0.2) is 76.7 Å². The number of pyridine rings is 1. The third-order valence-electron chi connectivity index (χ3n) is 7.24. The van der Waals surface area contributed by atoms with Crippen molar-refractivity contribution in [2.45, 2.75) is 69.4 Å². The van der Waals surface area contributed by atoms with Crippen molar-refractivity contribution in [3.63, 3.8) is 0 Å². The van der Waals surface area contributed by atoms with Crippen molar-refractivity contribution in [1.82, 2.24) is 24.3 Å². The zero-order valence-corrected chi connectivity index (χ0v) is 24.1. The molecule has 2 heterocycles. The number of nitrogens with one attached hydrogen (secondary N) is 1. The van der Waals surface area contributed by atoms with Crippen LogP contribution in [0.1, 0.15) is 57.7 Å². The molecule has 4 aromatic rings. The van der Waals surface area contributed by atoms with Gasteiger partial charge in [0.2, 0.25) is 15.6 Å². The summed E-state index contributed by atoms with van der Waals surface area (Å²) >= 11 is 0. The molecule has 0 spiro atoms. The van der Waals surface area contributed by atoms with Crippen LogP contribution in [0.4, 0.5) is 0 Å². The minimum atomic E-state index is -3.87. The molecule has 1 aliphatic carbocycles. The minimum absolute atomic E-state index is 0.0468. The van der Waals surface area contributed by atoms with Gasteiger partial charge in [-0.1, -0.05) is 57.0 Å². The molecule has 9 nitrogen and oxygen atoms in total. The van der Waals surface area contributed by atoms with E-state index in [9.17, 15) is 13.2 Å². The van der Waals surface area contributed by atoms with Crippen molar-refractivity contribution in [3.8, 4) is 22.6 Å². The van der Waals surface area contributed by atoms with Crippen LogP contribution in [0.3, 0.4) is 0 Å². The Morgan fingerprint density at radius 2 is 1.68 bits per heavy atom. The summed E-state index contributed by atoms with van der Waals surface area (Å²) in [6.45, 7) is 6.54. The fraction of sp³-hybridized carbons (Fsp3) is 0.367. The second-order valence-electron chi connectivity index (χ2n) is 11.4. The monoisotopic (exact) mass is 561 g/mol. The Kier molecular flexibility index (Phi) is 7.65. The molecule has 1 saturated carbocycles. The second-order valence-corrected chi connectivity index (χ2v) is 13.1. The maximum Gasteiger partial charge on any atom is 0.250 e. The zero-order valence-electron chi connectivity index (χ0n) is 23.3. The summed E-state index contributed by atoms with van der Waals surface area (Å²) in [6.07, 6.45) is 7.10. The van der Waals surface area contributed by atoms with Crippen LogP contribution >= 0.6 is 0 Å². The van der Waals surface area contributed by atoms with Gasteiger partial charge in [0, 0.05) is 25.4 Å². The molecule has 2 aromatic heterocycles. The van der Waals surface area contributed by atoms with E-state index in [2.05, 4.69) is 47.9 Å². The molecule has 1 fully saturated rings. The number of aromatic nitrogens is 4. The van der Waals surface area contributed by atoms with E-state index in [1.54, 1.807) is 48.4 Å². The highest BCUT2D eigenvalue weighted by Crippen LogP contribution is 2.32. The Hall–Kier alpha value is -3.76. The van der Waals surface area contributed by atoms with Gasteiger partial charge in [-0.3, -0.25) is 4.79 Å². The Bertz CT molecular complexity index is 1660. The summed E-state index contributed by atoms with van der Waals surface area (Å²) in [4.78, 5) is 11.9. The first kappa shape index (κ1) is 27.8. The van der Waals surface area contributed by atoms with Gasteiger partial charge in [0.25, 0.3) is 0 Å². The summed E-state index contributed by atoms with van der Waals surface area (Å²) in [5, 5.41) is 8.46. The number of nitrogens with zero attached hydrogens (tertiary/aromatic N) is 4. The molecule has 0 aliphatic heterocycles. The fourth-order valence-corrected chi connectivity index (χ4v) is 6.34. The van der Waals surface area contributed by atoms with Gasteiger partial charge in [0.1, 0.15) is 22.9 Å². The molecule has 1 N–H and O–H groups in total. The first-order valence-electron chi connectivity index (χ1n) is 13.5. The molecule has 0 saturated heterocycles. The van der Waals surface area contributed by atoms with Crippen LogP contribution in [0.2, 0.25) is 0 Å². The first-order chi connectivity index (χ1) is 19.0. The molecule has 0 atom stereocenters. The Morgan fingerprint density at radius 3 is 2.35 bits per heavy atom. The van der Waals surface area contributed by atoms with Crippen LogP contribution in [0.25, 0.3) is 16.8 Å². The summed E-state index contributed by atoms with van der Waals surface area (Å²) in [7, 11) is -2.20. The van der Waals surface area contributed by atoms with Crippen LogP contribution in [0.5, 0.6) is 5.75 Å². The third-order valence-corrected chi connectivity index (χ3v) is 8.79. The van der Waals surface area contributed by atoms with E-state index in [1.165, 1.54) is 16.2 Å². The quantitative estimate of drug-likeness (QED) is 0.333. The van der Waals surface area contributed by atoms with Gasteiger partial charge in [0.15, 0.2) is 0 Å². The highest BCUT2D eigenvalue weighted by atomic mass is 32.2. The molecule has 0 radical (unpaired) electrons. The zero-order chi connectivity index (χ0) is 28.5. The van der Waals surface area contributed by atoms with Crippen molar-refractivity contribution in [3.05, 3.63) is 88.6 Å². The Balaban J connectivity index is 1.40. The van der Waals surface area contributed by atoms with Crippen molar-refractivity contribution in [2.24, 2.45) is 7.05 Å². The average molecular weight is 562 g/mol. The molecular formula is C30H35N5O4S. The molecular weight excluding hydrogens is 526 g/mol. The van der Waals surface area contributed by atoms with Gasteiger partial charge in [-0.2, -0.15) is 0 Å². The number of hydrogen-bond acceptors (Lipinski definition) is 6. The summed E-state index contributed by atoms with van der Waals surface area (Å²) in [6, 6.07) is 16.2. The molecule has 210 valence electrons. The summed E-state index contributed by atoms with van der Waals surface area (Å²) in [5.74, 6) is 0.225. The molecule has 5 rings (SSSR count). The van der Waals surface area contributed by atoms with Gasteiger partial charge in [0.05, 0.1) is 11.9 Å². The number of ether oxygens (including phenoxy) is 1. The van der Waals surface area contributed by atoms with Crippen LogP contribution < -0.4 is 15.0 Å². The molecule has 40 heavy (non-hydrogen) atoms. The minimum Gasteiger partial charge on any atom is -0.486 e. The maximum atomic E-state index is 13.5. The number of sulfonamides is 1. The molecule has 2 aromatic carbocycles. The third kappa shape index (κ3) is 6.18. The van der Waals surface area contributed by atoms with Gasteiger partial charge in [-0.25, -0.2) is 17.8 Å². The number of aryl methyl sites for hydroxylation is 1. The number of hydrogen-bond donors (Lipinski definition) is 1. The summed E-state index contributed by atoms with van der Waals surface area (Å²) < 4.78 is 39.1. The predicted molar refractivity (Wildman–Crippen MR) is 154 cm³/mol. The lowest BCUT2D eigenvalue weighted by Crippen LogP contribution is -2.33. The lowest BCUT2D eigenvalue weighted by atomic mass is 9.87. The van der Waals surface area contributed by atoms with E-state index in [0.717, 1.165) is 36.9 Å². The highest BCUT2D eigenvalue weighted by Gasteiger charge is 2.26. The van der Waals surface area contributed by atoms with E-state index < -0.39 is 10.0 Å². The van der Waals surface area contributed by atoms with Crippen LogP contribution in [-0.2, 0) is 29.1 Å². The molecule has 10 heteroatoms. The van der Waals surface area contributed by atoms with Gasteiger partial charge in [-0.15, -0.1) is 5.10 Å². The molecule has 0 amide bonds. The first-order valence-corrected chi connectivity index (χ1v) is 15.0. The fourth-order valence-electron chi connectivity index (χ4n) is 4.86. The van der Waals surface area contributed by atoms with Gasteiger partial charge in [-0.05, 0) is 65.3 Å². The normalized spacial score (nSPS) is 14.5.